The molecule has 0 saturated carbocycles. The molecule has 3 aromatic rings. The summed E-state index contributed by atoms with van der Waals surface area (Å²) < 4.78 is 2.09. The number of Topliss-reactive ketones (excluding diaryl/α,β-unsaturated/α-hetero) is 1. The van der Waals surface area contributed by atoms with Gasteiger partial charge in [0.15, 0.2) is 11.5 Å². The quantitative estimate of drug-likeness (QED) is 0.623. The highest BCUT2D eigenvalue weighted by Gasteiger charge is 2.35. The zero-order valence-corrected chi connectivity index (χ0v) is 19.6. The van der Waals surface area contributed by atoms with E-state index in [-0.39, 0.29) is 11.7 Å². The van der Waals surface area contributed by atoms with Crippen molar-refractivity contribution >= 4 is 17.6 Å². The number of carbonyl (C=O) groups is 2. The highest BCUT2D eigenvalue weighted by atomic mass is 16.2. The Labute approximate surface area is 194 Å². The number of benzene rings is 1. The molecule has 0 radical (unpaired) electrons. The summed E-state index contributed by atoms with van der Waals surface area (Å²) >= 11 is 0. The molecule has 4 rings (SSSR count). The van der Waals surface area contributed by atoms with Gasteiger partial charge < -0.3 is 14.8 Å². The van der Waals surface area contributed by atoms with Gasteiger partial charge in [-0.3, -0.25) is 9.59 Å². The predicted molar refractivity (Wildman–Crippen MR) is 127 cm³/mol. The maximum absolute atomic E-state index is 13.5. The van der Waals surface area contributed by atoms with Crippen molar-refractivity contribution in [3.63, 3.8) is 0 Å². The van der Waals surface area contributed by atoms with Crippen molar-refractivity contribution in [2.24, 2.45) is 5.41 Å². The van der Waals surface area contributed by atoms with Gasteiger partial charge in [-0.05, 0) is 11.5 Å². The molecule has 1 aromatic carbocycles. The minimum absolute atomic E-state index is 0.00604. The van der Waals surface area contributed by atoms with Crippen LogP contribution in [0.4, 0.5) is 5.95 Å². The average Bonchev–Trinajstić information content (AvgIpc) is 3.21. The summed E-state index contributed by atoms with van der Waals surface area (Å²) in [5, 5.41) is 2.98. The number of carbonyl (C=O) groups excluding carboxylic acids is 2. The fraction of sp³-hybridized carbons (Fsp3) is 0.400. The number of nitrogens with one attached hydrogen (secondary N) is 1. The van der Waals surface area contributed by atoms with Gasteiger partial charge in [0.05, 0.1) is 18.3 Å². The van der Waals surface area contributed by atoms with E-state index < -0.39 is 11.5 Å². The Morgan fingerprint density at radius 3 is 2.39 bits per heavy atom. The topological polar surface area (TPSA) is 93.0 Å². The molecule has 0 aliphatic carbocycles. The smallest absolute Gasteiger partial charge is 0.272 e. The summed E-state index contributed by atoms with van der Waals surface area (Å²) in [6.07, 6.45) is 3.78. The molecule has 0 unspecified atom stereocenters. The molecule has 0 saturated heterocycles. The number of nitrogens with zero attached hydrogens (tertiary/aromatic N) is 5. The van der Waals surface area contributed by atoms with E-state index in [0.717, 1.165) is 17.1 Å². The van der Waals surface area contributed by atoms with Crippen LogP contribution in [0.1, 0.15) is 50.3 Å². The van der Waals surface area contributed by atoms with Crippen molar-refractivity contribution < 1.29 is 9.59 Å². The van der Waals surface area contributed by atoms with E-state index >= 15 is 0 Å². The highest BCUT2D eigenvalue weighted by molar-refractivity contribution is 5.98. The summed E-state index contributed by atoms with van der Waals surface area (Å²) in [6.45, 7) is 9.49. The Balaban J connectivity index is 1.74. The van der Waals surface area contributed by atoms with Crippen LogP contribution in [0, 0.1) is 5.41 Å². The van der Waals surface area contributed by atoms with Gasteiger partial charge in [0.2, 0.25) is 5.95 Å². The summed E-state index contributed by atoms with van der Waals surface area (Å²) in [6, 6.07) is 11.0. The lowest BCUT2D eigenvalue weighted by atomic mass is 9.83. The Morgan fingerprint density at radius 1 is 1.06 bits per heavy atom. The van der Waals surface area contributed by atoms with E-state index in [2.05, 4.69) is 19.9 Å². The Hall–Kier alpha value is -3.55. The number of hydrogen-bond acceptors (Lipinski definition) is 6. The molecular formula is C25H30N6O2. The van der Waals surface area contributed by atoms with Crippen molar-refractivity contribution in [3.8, 4) is 11.4 Å². The first kappa shape index (κ1) is 22.6. The molecular weight excluding hydrogens is 416 g/mol. The fourth-order valence-electron chi connectivity index (χ4n) is 4.17. The summed E-state index contributed by atoms with van der Waals surface area (Å²) in [5.41, 5.74) is 1.67. The lowest BCUT2D eigenvalue weighted by Gasteiger charge is -2.31. The molecule has 3 heterocycles. The van der Waals surface area contributed by atoms with Crippen molar-refractivity contribution in [3.05, 3.63) is 60.2 Å². The Bertz CT molecular complexity index is 1130. The maximum Gasteiger partial charge on any atom is 0.272 e. The van der Waals surface area contributed by atoms with Gasteiger partial charge >= 0.3 is 0 Å². The second-order valence-corrected chi connectivity index (χ2v) is 9.31. The van der Waals surface area contributed by atoms with Crippen LogP contribution in [-0.2, 0) is 17.9 Å². The number of anilines is 1. The van der Waals surface area contributed by atoms with Crippen LogP contribution in [-0.4, -0.2) is 43.8 Å². The van der Waals surface area contributed by atoms with Crippen LogP contribution < -0.4 is 10.2 Å². The van der Waals surface area contributed by atoms with Crippen LogP contribution in [0.5, 0.6) is 0 Å². The van der Waals surface area contributed by atoms with Gasteiger partial charge in [0.25, 0.3) is 5.91 Å². The Morgan fingerprint density at radius 2 is 1.76 bits per heavy atom. The van der Waals surface area contributed by atoms with Crippen molar-refractivity contribution in [1.29, 1.82) is 0 Å². The van der Waals surface area contributed by atoms with E-state index in [9.17, 15) is 9.59 Å². The first-order chi connectivity index (χ1) is 15.8. The van der Waals surface area contributed by atoms with Crippen LogP contribution in [0.2, 0.25) is 0 Å². The van der Waals surface area contributed by atoms with E-state index in [1.165, 1.54) is 0 Å². The van der Waals surface area contributed by atoms with Gasteiger partial charge in [-0.2, -0.15) is 0 Å². The first-order valence-corrected chi connectivity index (χ1v) is 11.3. The first-order valence-electron chi connectivity index (χ1n) is 11.3. The number of hydrogen-bond donors (Lipinski definition) is 1. The molecule has 0 fully saturated rings. The van der Waals surface area contributed by atoms with Crippen LogP contribution >= 0.6 is 0 Å². The van der Waals surface area contributed by atoms with Gasteiger partial charge in [0.1, 0.15) is 5.82 Å². The molecule has 1 atom stereocenters. The van der Waals surface area contributed by atoms with Crippen LogP contribution in [0.25, 0.3) is 11.4 Å². The van der Waals surface area contributed by atoms with Gasteiger partial charge in [-0.25, -0.2) is 15.0 Å². The molecule has 8 nitrogen and oxygen atoms in total. The summed E-state index contributed by atoms with van der Waals surface area (Å²) in [7, 11) is 0. The molecule has 0 bridgehead atoms. The van der Waals surface area contributed by atoms with E-state index in [4.69, 9.17) is 4.98 Å². The summed E-state index contributed by atoms with van der Waals surface area (Å²) in [5.74, 6) is 1.04. The second kappa shape index (κ2) is 9.13. The molecule has 0 spiro atoms. The third-order valence-electron chi connectivity index (χ3n) is 5.90. The van der Waals surface area contributed by atoms with E-state index in [0.29, 0.717) is 37.7 Å². The average molecular weight is 447 g/mol. The number of fused-ring (bicyclic) bond motifs is 1. The summed E-state index contributed by atoms with van der Waals surface area (Å²) in [4.78, 5) is 41.7. The lowest BCUT2D eigenvalue weighted by Crippen LogP contribution is -2.49. The number of imidazole rings is 1. The predicted octanol–water partition coefficient (Wildman–Crippen LogP) is 3.48. The molecule has 172 valence electrons. The standard InChI is InChI=1S/C25H30N6O2/c1-5-19(32)21(25(2,3)4)29-23(33)20-18-16-30(24-26-12-9-13-27-24)14-15-31(18)22(28-20)17-10-7-6-8-11-17/h6-13,21H,5,14-16H2,1-4H3,(H,29,33)/t21-/m1/s1. The van der Waals surface area contributed by atoms with Gasteiger partial charge in [0, 0.05) is 37.5 Å². The fourth-order valence-corrected chi connectivity index (χ4v) is 4.17. The molecule has 2 aromatic heterocycles. The number of rotatable bonds is 6. The second-order valence-electron chi connectivity index (χ2n) is 9.31. The third-order valence-corrected chi connectivity index (χ3v) is 5.90. The maximum atomic E-state index is 13.5. The SMILES string of the molecule is CCC(=O)[C@@H](NC(=O)c1nc(-c2ccccc2)n2c1CN(c1ncccn1)CC2)C(C)(C)C. The Kier molecular flexibility index (Phi) is 6.26. The van der Waals surface area contributed by atoms with Crippen LogP contribution in [0.15, 0.2) is 48.8 Å². The van der Waals surface area contributed by atoms with E-state index in [1.807, 2.05) is 62.9 Å². The molecule has 1 amide bonds. The zero-order valence-electron chi connectivity index (χ0n) is 19.6. The molecule has 1 N–H and O–H groups in total. The number of ketones is 1. The molecule has 1 aliphatic rings. The van der Waals surface area contributed by atoms with Gasteiger partial charge in [-0.1, -0.05) is 58.0 Å². The highest BCUT2D eigenvalue weighted by Crippen LogP contribution is 2.28. The molecule has 33 heavy (non-hydrogen) atoms. The zero-order chi connectivity index (χ0) is 23.6. The minimum Gasteiger partial charge on any atom is -0.340 e. The number of aromatic nitrogens is 4. The van der Waals surface area contributed by atoms with Crippen molar-refractivity contribution in [1.82, 2.24) is 24.8 Å². The largest absolute Gasteiger partial charge is 0.340 e. The van der Waals surface area contributed by atoms with Crippen molar-refractivity contribution in [2.45, 2.75) is 53.2 Å². The number of amides is 1. The van der Waals surface area contributed by atoms with Crippen LogP contribution in [0.3, 0.4) is 0 Å². The molecule has 8 heteroatoms. The van der Waals surface area contributed by atoms with Crippen molar-refractivity contribution in [2.75, 3.05) is 11.4 Å². The van der Waals surface area contributed by atoms with E-state index in [1.54, 1.807) is 18.5 Å². The normalized spacial score (nSPS) is 14.5. The monoisotopic (exact) mass is 446 g/mol. The molecule has 1 aliphatic heterocycles. The van der Waals surface area contributed by atoms with Gasteiger partial charge in [-0.15, -0.1) is 0 Å². The lowest BCUT2D eigenvalue weighted by molar-refractivity contribution is -0.122. The minimum atomic E-state index is -0.593. The third kappa shape index (κ3) is 4.65.